The lowest BCUT2D eigenvalue weighted by Gasteiger charge is -2.32. The minimum Gasteiger partial charge on any atom is -0.364 e. The maximum absolute atomic E-state index is 11.8. The van der Waals surface area contributed by atoms with Crippen LogP contribution in [0.3, 0.4) is 0 Å². The molecular weight excluding hydrogens is 447 g/mol. The Kier molecular flexibility index (Phi) is 11.3. The molecule has 0 aliphatic carbocycles. The van der Waals surface area contributed by atoms with Crippen molar-refractivity contribution in [2.24, 2.45) is 4.99 Å². The minimum atomic E-state index is 0. The first-order valence-corrected chi connectivity index (χ1v) is 9.14. The standard InChI is InChI=1S/C17H30N6O2.HI/c1-3-8-19-16(24)13-23-9-5-14(6-10-23)21-17(18-4-2)20-12-15-7-11-25-22-15;/h7,11,14H,3-6,8-10,12-13H2,1-2H3,(H,19,24)(H2,18,20,21);1H. The lowest BCUT2D eigenvalue weighted by Crippen LogP contribution is -2.50. The summed E-state index contributed by atoms with van der Waals surface area (Å²) in [6.45, 7) is 8.48. The number of piperidine rings is 1. The van der Waals surface area contributed by atoms with Crippen LogP contribution in [0.25, 0.3) is 0 Å². The van der Waals surface area contributed by atoms with Gasteiger partial charge in [0.2, 0.25) is 5.91 Å². The molecule has 9 heteroatoms. The number of guanidine groups is 1. The normalized spacial score (nSPS) is 16.0. The van der Waals surface area contributed by atoms with Crippen LogP contribution in [0, 0.1) is 0 Å². The molecule has 1 aromatic rings. The van der Waals surface area contributed by atoms with Crippen molar-refractivity contribution in [3.8, 4) is 0 Å². The highest BCUT2D eigenvalue weighted by atomic mass is 127. The molecule has 0 saturated carbocycles. The summed E-state index contributed by atoms with van der Waals surface area (Å²) in [5.74, 6) is 0.917. The van der Waals surface area contributed by atoms with Crippen LogP contribution in [0.2, 0.25) is 0 Å². The van der Waals surface area contributed by atoms with E-state index in [1.54, 1.807) is 6.26 Å². The number of rotatable bonds is 8. The molecule has 148 valence electrons. The number of aromatic nitrogens is 1. The second-order valence-corrected chi connectivity index (χ2v) is 6.23. The van der Waals surface area contributed by atoms with E-state index in [9.17, 15) is 4.79 Å². The van der Waals surface area contributed by atoms with E-state index in [-0.39, 0.29) is 29.9 Å². The van der Waals surface area contributed by atoms with Gasteiger partial charge in [-0.05, 0) is 26.2 Å². The molecule has 3 N–H and O–H groups in total. The molecule has 2 heterocycles. The summed E-state index contributed by atoms with van der Waals surface area (Å²) >= 11 is 0. The zero-order valence-corrected chi connectivity index (χ0v) is 18.0. The van der Waals surface area contributed by atoms with Crippen molar-refractivity contribution < 1.29 is 9.32 Å². The highest BCUT2D eigenvalue weighted by molar-refractivity contribution is 14.0. The predicted molar refractivity (Wildman–Crippen MR) is 113 cm³/mol. The quantitative estimate of drug-likeness (QED) is 0.297. The first-order chi connectivity index (χ1) is 12.2. The van der Waals surface area contributed by atoms with Gasteiger partial charge in [0.25, 0.3) is 0 Å². The van der Waals surface area contributed by atoms with E-state index in [2.05, 4.69) is 37.9 Å². The molecular formula is C17H31IN6O2. The van der Waals surface area contributed by atoms with E-state index < -0.39 is 0 Å². The molecule has 0 radical (unpaired) electrons. The van der Waals surface area contributed by atoms with Crippen molar-refractivity contribution in [2.45, 2.75) is 45.7 Å². The van der Waals surface area contributed by atoms with Crippen LogP contribution in [0.15, 0.2) is 21.8 Å². The van der Waals surface area contributed by atoms with Gasteiger partial charge in [-0.15, -0.1) is 24.0 Å². The molecule has 1 saturated heterocycles. The Morgan fingerprint density at radius 2 is 2.12 bits per heavy atom. The predicted octanol–water partition coefficient (Wildman–Crippen LogP) is 1.34. The van der Waals surface area contributed by atoms with E-state index in [0.717, 1.165) is 57.1 Å². The largest absolute Gasteiger partial charge is 0.364 e. The summed E-state index contributed by atoms with van der Waals surface area (Å²) in [7, 11) is 0. The summed E-state index contributed by atoms with van der Waals surface area (Å²) in [5.41, 5.74) is 0.810. The fourth-order valence-electron chi connectivity index (χ4n) is 2.75. The fourth-order valence-corrected chi connectivity index (χ4v) is 2.75. The number of nitrogens with one attached hydrogen (secondary N) is 3. The molecule has 0 spiro atoms. The average molecular weight is 478 g/mol. The number of carbonyl (C=O) groups is 1. The van der Waals surface area contributed by atoms with Gasteiger partial charge in [0.05, 0.1) is 13.1 Å². The summed E-state index contributed by atoms with van der Waals surface area (Å²) in [6, 6.07) is 2.18. The van der Waals surface area contributed by atoms with Gasteiger partial charge in [-0.1, -0.05) is 12.1 Å². The van der Waals surface area contributed by atoms with Gasteiger partial charge >= 0.3 is 0 Å². The van der Waals surface area contributed by atoms with Crippen LogP contribution in [-0.2, 0) is 11.3 Å². The highest BCUT2D eigenvalue weighted by Crippen LogP contribution is 2.10. The Bertz CT molecular complexity index is 529. The number of carbonyl (C=O) groups excluding carboxylic acids is 1. The molecule has 26 heavy (non-hydrogen) atoms. The monoisotopic (exact) mass is 478 g/mol. The van der Waals surface area contributed by atoms with Gasteiger partial charge < -0.3 is 20.5 Å². The molecule has 1 aromatic heterocycles. The highest BCUT2D eigenvalue weighted by Gasteiger charge is 2.21. The zero-order chi connectivity index (χ0) is 17.9. The van der Waals surface area contributed by atoms with Gasteiger partial charge in [-0.3, -0.25) is 9.69 Å². The third-order valence-electron chi connectivity index (χ3n) is 4.10. The Morgan fingerprint density at radius 1 is 1.35 bits per heavy atom. The first kappa shape index (κ1) is 22.7. The van der Waals surface area contributed by atoms with Crippen LogP contribution in [0.4, 0.5) is 0 Å². The molecule has 0 aromatic carbocycles. The van der Waals surface area contributed by atoms with Crippen LogP contribution >= 0.6 is 24.0 Å². The summed E-state index contributed by atoms with van der Waals surface area (Å²) in [6.07, 6.45) is 4.51. The lowest BCUT2D eigenvalue weighted by molar-refractivity contribution is -0.122. The van der Waals surface area contributed by atoms with E-state index in [1.807, 2.05) is 13.0 Å². The van der Waals surface area contributed by atoms with Gasteiger partial charge in [0.15, 0.2) is 5.96 Å². The molecule has 2 rings (SSSR count). The number of hydrogen-bond donors (Lipinski definition) is 3. The number of likely N-dealkylation sites (tertiary alicyclic amines) is 1. The lowest BCUT2D eigenvalue weighted by atomic mass is 10.1. The van der Waals surface area contributed by atoms with Crippen LogP contribution in [0.1, 0.15) is 38.8 Å². The average Bonchev–Trinajstić information content (AvgIpc) is 3.13. The third kappa shape index (κ3) is 8.35. The molecule has 1 aliphatic heterocycles. The number of nitrogens with zero attached hydrogens (tertiary/aromatic N) is 3. The van der Waals surface area contributed by atoms with Gasteiger partial charge in [0.1, 0.15) is 12.0 Å². The first-order valence-electron chi connectivity index (χ1n) is 9.14. The van der Waals surface area contributed by atoms with Gasteiger partial charge in [-0.2, -0.15) is 0 Å². The van der Waals surface area contributed by atoms with E-state index in [0.29, 0.717) is 19.1 Å². The summed E-state index contributed by atoms with van der Waals surface area (Å²) in [4.78, 5) is 18.6. The Labute approximate surface area is 172 Å². The second kappa shape index (κ2) is 12.9. The zero-order valence-electron chi connectivity index (χ0n) is 15.7. The number of hydrogen-bond acceptors (Lipinski definition) is 5. The van der Waals surface area contributed by atoms with Crippen molar-refractivity contribution >= 4 is 35.8 Å². The molecule has 0 atom stereocenters. The van der Waals surface area contributed by atoms with E-state index in [4.69, 9.17) is 4.52 Å². The second-order valence-electron chi connectivity index (χ2n) is 6.23. The van der Waals surface area contributed by atoms with E-state index in [1.165, 1.54) is 0 Å². The third-order valence-corrected chi connectivity index (χ3v) is 4.10. The number of amides is 1. The van der Waals surface area contributed by atoms with Gasteiger partial charge in [-0.25, -0.2) is 4.99 Å². The SMILES string of the molecule is CCCNC(=O)CN1CCC(NC(=NCc2ccon2)NCC)CC1.I. The molecule has 0 unspecified atom stereocenters. The van der Waals surface area contributed by atoms with Crippen LogP contribution in [0.5, 0.6) is 0 Å². The number of halogens is 1. The van der Waals surface area contributed by atoms with Crippen molar-refractivity contribution in [1.29, 1.82) is 0 Å². The van der Waals surface area contributed by atoms with Crippen LogP contribution < -0.4 is 16.0 Å². The van der Waals surface area contributed by atoms with E-state index >= 15 is 0 Å². The molecule has 1 fully saturated rings. The smallest absolute Gasteiger partial charge is 0.234 e. The van der Waals surface area contributed by atoms with Crippen LogP contribution in [-0.4, -0.2) is 60.7 Å². The molecule has 1 amide bonds. The Balaban J connectivity index is 0.00000338. The summed E-state index contributed by atoms with van der Waals surface area (Å²) in [5, 5.41) is 13.5. The van der Waals surface area contributed by atoms with Gasteiger partial charge in [0, 0.05) is 38.3 Å². The Morgan fingerprint density at radius 3 is 2.73 bits per heavy atom. The number of aliphatic imine (C=N–C) groups is 1. The van der Waals surface area contributed by atoms with Crippen molar-refractivity contribution in [3.05, 3.63) is 18.0 Å². The van der Waals surface area contributed by atoms with Crippen molar-refractivity contribution in [2.75, 3.05) is 32.7 Å². The summed E-state index contributed by atoms with van der Waals surface area (Å²) < 4.78 is 4.83. The molecule has 8 nitrogen and oxygen atoms in total. The fraction of sp³-hybridized carbons (Fsp3) is 0.706. The molecule has 1 aliphatic rings. The van der Waals surface area contributed by atoms with Crippen molar-refractivity contribution in [1.82, 2.24) is 26.0 Å². The minimum absolute atomic E-state index is 0. The Hall–Kier alpha value is -1.36. The molecule has 0 bridgehead atoms. The van der Waals surface area contributed by atoms with Crippen molar-refractivity contribution in [3.63, 3.8) is 0 Å². The maximum Gasteiger partial charge on any atom is 0.234 e. The topological polar surface area (TPSA) is 94.8 Å². The maximum atomic E-state index is 11.8.